The topological polar surface area (TPSA) is 32.3 Å². The van der Waals surface area contributed by atoms with E-state index >= 15 is 0 Å². The smallest absolute Gasteiger partial charge is 0.254 e. The molecule has 0 spiro atoms. The van der Waals surface area contributed by atoms with Gasteiger partial charge in [0.15, 0.2) is 0 Å². The lowest BCUT2D eigenvalue weighted by molar-refractivity contribution is 0.0633. The zero-order valence-electron chi connectivity index (χ0n) is 13.7. The molecule has 3 rings (SSSR count). The van der Waals surface area contributed by atoms with Gasteiger partial charge in [-0.05, 0) is 29.7 Å². The largest absolute Gasteiger partial charge is 0.329 e. The molecule has 3 heteroatoms. The molecule has 0 aliphatic carbocycles. The number of carbonyl (C=O) groups excluding carboxylic acids is 1. The minimum absolute atomic E-state index is 0.110. The summed E-state index contributed by atoms with van der Waals surface area (Å²) in [4.78, 5) is 15.0. The van der Waals surface area contributed by atoms with Gasteiger partial charge in [0, 0.05) is 25.2 Å². The molecule has 23 heavy (non-hydrogen) atoms. The third-order valence-corrected chi connectivity index (χ3v) is 4.46. The molecule has 1 unspecified atom stereocenters. The van der Waals surface area contributed by atoms with Gasteiger partial charge in [-0.3, -0.25) is 4.79 Å². The summed E-state index contributed by atoms with van der Waals surface area (Å²) in [5, 5.41) is 3.45. The van der Waals surface area contributed by atoms with Crippen LogP contribution in [-0.2, 0) is 6.42 Å². The Morgan fingerprint density at radius 2 is 1.87 bits per heavy atom. The molecule has 1 N–H and O–H groups in total. The van der Waals surface area contributed by atoms with Crippen LogP contribution in [0, 0.1) is 0 Å². The summed E-state index contributed by atoms with van der Waals surface area (Å²) >= 11 is 0. The number of aryl methyl sites for hydroxylation is 1. The number of carbonyl (C=O) groups is 1. The highest BCUT2D eigenvalue weighted by Gasteiger charge is 2.29. The van der Waals surface area contributed by atoms with Crippen molar-refractivity contribution in [1.29, 1.82) is 0 Å². The standard InChI is InChI=1S/C20H24N2O/c1-2-8-16-9-6-7-12-18(16)19-15-21-13-14-22(19)20(23)17-10-4-3-5-11-17/h3-7,9-12,19,21H,2,8,13-15H2,1H3. The van der Waals surface area contributed by atoms with Gasteiger partial charge in [-0.2, -0.15) is 0 Å². The van der Waals surface area contributed by atoms with Crippen LogP contribution in [0.1, 0.15) is 40.9 Å². The van der Waals surface area contributed by atoms with Crippen molar-refractivity contribution in [1.82, 2.24) is 10.2 Å². The monoisotopic (exact) mass is 308 g/mol. The number of hydrogen-bond donors (Lipinski definition) is 1. The number of nitrogens with zero attached hydrogens (tertiary/aromatic N) is 1. The molecule has 0 radical (unpaired) electrons. The van der Waals surface area contributed by atoms with E-state index in [0.717, 1.165) is 38.0 Å². The van der Waals surface area contributed by atoms with E-state index in [1.807, 2.05) is 35.2 Å². The van der Waals surface area contributed by atoms with Crippen LogP contribution in [0.25, 0.3) is 0 Å². The number of amides is 1. The van der Waals surface area contributed by atoms with E-state index in [0.29, 0.717) is 0 Å². The lowest BCUT2D eigenvalue weighted by atomic mass is 9.94. The maximum atomic E-state index is 13.0. The predicted octanol–water partition coefficient (Wildman–Crippen LogP) is 3.43. The second-order valence-electron chi connectivity index (χ2n) is 6.03. The van der Waals surface area contributed by atoms with Gasteiger partial charge >= 0.3 is 0 Å². The second kappa shape index (κ2) is 7.42. The number of nitrogens with one attached hydrogen (secondary N) is 1. The SMILES string of the molecule is CCCc1ccccc1C1CNCCN1C(=O)c1ccccc1. The summed E-state index contributed by atoms with van der Waals surface area (Å²) in [5.74, 6) is 0.128. The van der Waals surface area contributed by atoms with Crippen molar-refractivity contribution < 1.29 is 4.79 Å². The summed E-state index contributed by atoms with van der Waals surface area (Å²) in [6.45, 7) is 4.62. The molecule has 120 valence electrons. The molecular formula is C20H24N2O. The molecule has 1 aliphatic rings. The molecule has 2 aromatic carbocycles. The van der Waals surface area contributed by atoms with Crippen LogP contribution in [0.4, 0.5) is 0 Å². The Bertz CT molecular complexity index is 654. The summed E-state index contributed by atoms with van der Waals surface area (Å²) in [6, 6.07) is 18.3. The van der Waals surface area contributed by atoms with E-state index in [1.54, 1.807) is 0 Å². The second-order valence-corrected chi connectivity index (χ2v) is 6.03. The van der Waals surface area contributed by atoms with Gasteiger partial charge in [0.25, 0.3) is 5.91 Å². The lowest BCUT2D eigenvalue weighted by Crippen LogP contribution is -2.49. The summed E-state index contributed by atoms with van der Waals surface area (Å²) < 4.78 is 0. The number of piperazine rings is 1. The van der Waals surface area contributed by atoms with E-state index in [4.69, 9.17) is 0 Å². The first-order chi connectivity index (χ1) is 11.3. The number of rotatable bonds is 4. The molecule has 1 aliphatic heterocycles. The normalized spacial score (nSPS) is 18.0. The minimum Gasteiger partial charge on any atom is -0.329 e. The van der Waals surface area contributed by atoms with Crippen molar-refractivity contribution in [3.8, 4) is 0 Å². The molecular weight excluding hydrogens is 284 g/mol. The zero-order chi connectivity index (χ0) is 16.1. The highest BCUT2D eigenvalue weighted by atomic mass is 16.2. The van der Waals surface area contributed by atoms with Crippen LogP contribution >= 0.6 is 0 Å². The van der Waals surface area contributed by atoms with E-state index in [-0.39, 0.29) is 11.9 Å². The van der Waals surface area contributed by atoms with Crippen LogP contribution in [0.5, 0.6) is 0 Å². The first-order valence-electron chi connectivity index (χ1n) is 8.45. The van der Waals surface area contributed by atoms with Gasteiger partial charge < -0.3 is 10.2 Å². The average Bonchev–Trinajstić information content (AvgIpc) is 2.63. The number of hydrogen-bond acceptors (Lipinski definition) is 2. The Kier molecular flexibility index (Phi) is 5.09. The highest BCUT2D eigenvalue weighted by Crippen LogP contribution is 2.27. The van der Waals surface area contributed by atoms with Crippen molar-refractivity contribution >= 4 is 5.91 Å². The van der Waals surface area contributed by atoms with Gasteiger partial charge in [-0.15, -0.1) is 0 Å². The molecule has 2 aromatic rings. The van der Waals surface area contributed by atoms with Crippen LogP contribution in [0.15, 0.2) is 54.6 Å². The maximum absolute atomic E-state index is 13.0. The molecule has 1 heterocycles. The Morgan fingerprint density at radius 1 is 1.13 bits per heavy atom. The van der Waals surface area contributed by atoms with Crippen molar-refractivity contribution in [2.75, 3.05) is 19.6 Å². The molecule has 0 aromatic heterocycles. The fraction of sp³-hybridized carbons (Fsp3) is 0.350. The van der Waals surface area contributed by atoms with E-state index < -0.39 is 0 Å². The molecule has 0 bridgehead atoms. The highest BCUT2D eigenvalue weighted by molar-refractivity contribution is 5.94. The maximum Gasteiger partial charge on any atom is 0.254 e. The van der Waals surface area contributed by atoms with Crippen LogP contribution in [-0.4, -0.2) is 30.4 Å². The third kappa shape index (κ3) is 3.45. The minimum atomic E-state index is 0.110. The Morgan fingerprint density at radius 3 is 2.65 bits per heavy atom. The van der Waals surface area contributed by atoms with Gasteiger partial charge in [-0.25, -0.2) is 0 Å². The lowest BCUT2D eigenvalue weighted by Gasteiger charge is -2.37. The molecule has 1 atom stereocenters. The van der Waals surface area contributed by atoms with Crippen LogP contribution in [0.2, 0.25) is 0 Å². The third-order valence-electron chi connectivity index (χ3n) is 4.46. The van der Waals surface area contributed by atoms with Crippen LogP contribution < -0.4 is 5.32 Å². The van der Waals surface area contributed by atoms with Crippen molar-refractivity contribution in [2.45, 2.75) is 25.8 Å². The Labute approximate surface area is 138 Å². The average molecular weight is 308 g/mol. The van der Waals surface area contributed by atoms with Gasteiger partial charge in [0.05, 0.1) is 6.04 Å². The predicted molar refractivity (Wildman–Crippen MR) is 93.5 cm³/mol. The van der Waals surface area contributed by atoms with Crippen molar-refractivity contribution in [3.05, 3.63) is 71.3 Å². The fourth-order valence-electron chi connectivity index (χ4n) is 3.33. The van der Waals surface area contributed by atoms with Gasteiger partial charge in [0.2, 0.25) is 0 Å². The number of benzene rings is 2. The van der Waals surface area contributed by atoms with Gasteiger partial charge in [-0.1, -0.05) is 55.8 Å². The van der Waals surface area contributed by atoms with Crippen molar-refractivity contribution in [2.24, 2.45) is 0 Å². The van der Waals surface area contributed by atoms with E-state index in [2.05, 4.69) is 36.5 Å². The first kappa shape index (κ1) is 15.8. The summed E-state index contributed by atoms with van der Waals surface area (Å²) in [6.07, 6.45) is 2.17. The van der Waals surface area contributed by atoms with E-state index in [9.17, 15) is 4.79 Å². The summed E-state index contributed by atoms with van der Waals surface area (Å²) in [7, 11) is 0. The quantitative estimate of drug-likeness (QED) is 0.938. The Hall–Kier alpha value is -2.13. The molecule has 1 saturated heterocycles. The zero-order valence-corrected chi connectivity index (χ0v) is 13.7. The molecule has 3 nitrogen and oxygen atoms in total. The summed E-state index contributed by atoms with van der Waals surface area (Å²) in [5.41, 5.74) is 3.41. The van der Waals surface area contributed by atoms with Crippen LogP contribution in [0.3, 0.4) is 0 Å². The van der Waals surface area contributed by atoms with Crippen molar-refractivity contribution in [3.63, 3.8) is 0 Å². The molecule has 1 fully saturated rings. The fourth-order valence-corrected chi connectivity index (χ4v) is 3.33. The molecule has 0 saturated carbocycles. The Balaban J connectivity index is 1.92. The first-order valence-corrected chi connectivity index (χ1v) is 8.45. The molecule has 1 amide bonds. The van der Waals surface area contributed by atoms with E-state index in [1.165, 1.54) is 11.1 Å². The van der Waals surface area contributed by atoms with Gasteiger partial charge in [0.1, 0.15) is 0 Å².